The Morgan fingerprint density at radius 3 is 2.23 bits per heavy atom. The van der Waals surface area contributed by atoms with Crippen molar-refractivity contribution in [3.63, 3.8) is 0 Å². The van der Waals surface area contributed by atoms with Crippen molar-refractivity contribution in [3.8, 4) is 11.1 Å². The molecule has 14 heteroatoms. The number of pyridine rings is 1. The molecule has 0 N–H and O–H groups in total. The zero-order chi connectivity index (χ0) is 34.7. The third kappa shape index (κ3) is 6.46. The zero-order valence-electron chi connectivity index (χ0n) is 26.9. The van der Waals surface area contributed by atoms with Crippen molar-refractivity contribution in [2.75, 3.05) is 23.7 Å². The van der Waals surface area contributed by atoms with E-state index in [-0.39, 0.29) is 58.1 Å². The molecule has 3 atom stereocenters. The van der Waals surface area contributed by atoms with Gasteiger partial charge in [0, 0.05) is 53.3 Å². The average Bonchev–Trinajstić information content (AvgIpc) is 3.19. The van der Waals surface area contributed by atoms with Crippen LogP contribution in [0.1, 0.15) is 51.7 Å². The molecule has 0 radical (unpaired) electrons. The van der Waals surface area contributed by atoms with Crippen molar-refractivity contribution in [2.45, 2.75) is 75.8 Å². The maximum atomic E-state index is 15.0. The molecule has 1 saturated heterocycles. The van der Waals surface area contributed by atoms with Gasteiger partial charge in [0.2, 0.25) is 0 Å². The van der Waals surface area contributed by atoms with Crippen LogP contribution in [0.15, 0.2) is 58.5 Å². The molecule has 0 spiro atoms. The highest BCUT2D eigenvalue weighted by Gasteiger charge is 2.40. The van der Waals surface area contributed by atoms with Crippen molar-refractivity contribution in [3.05, 3.63) is 82.0 Å². The third-order valence-electron chi connectivity index (χ3n) is 8.49. The molecule has 48 heavy (non-hydrogen) atoms. The summed E-state index contributed by atoms with van der Waals surface area (Å²) < 4.78 is 80.2. The molecule has 0 aliphatic carbocycles. The number of nitrogens with zero attached hydrogens (tertiary/aromatic N) is 5. The number of alkyl halides is 3. The first-order valence-electron chi connectivity index (χ1n) is 15.5. The average molecular weight is 688 g/mol. The van der Waals surface area contributed by atoms with Gasteiger partial charge in [0.25, 0.3) is 0 Å². The van der Waals surface area contributed by atoms with Crippen LogP contribution in [0.2, 0.25) is 0 Å². The Morgan fingerprint density at radius 2 is 1.62 bits per heavy atom. The number of hydrogen-bond acceptors (Lipinski definition) is 7. The number of carbonyl (C=O) groups is 1. The summed E-state index contributed by atoms with van der Waals surface area (Å²) in [6.07, 6.45) is -2.82. The minimum atomic E-state index is -4.83. The summed E-state index contributed by atoms with van der Waals surface area (Å²) >= 11 is 1.12. The Morgan fingerprint density at radius 1 is 0.958 bits per heavy atom. The molecule has 1 amide bonds. The Balaban J connectivity index is 1.56. The van der Waals surface area contributed by atoms with Crippen LogP contribution in [0.25, 0.3) is 22.0 Å². The molecule has 1 fully saturated rings. The van der Waals surface area contributed by atoms with Crippen molar-refractivity contribution >= 4 is 34.6 Å². The van der Waals surface area contributed by atoms with Crippen LogP contribution < -0.4 is 10.6 Å². The van der Waals surface area contributed by atoms with Crippen LogP contribution in [0.4, 0.5) is 32.6 Å². The number of thioether (sulfide) groups is 1. The SMILES string of the molecule is C[C@@H]1CN(c2nc(=O)n3c4c(c(-c5ccc(F)cc5)c(C(F)(F)F)cc24)SC[C@@H](c2cncc(F)c2)C3)C[C@H](C)N1C(=O)OC(C)(C)C. The van der Waals surface area contributed by atoms with Crippen LogP contribution in [-0.2, 0) is 17.5 Å². The van der Waals surface area contributed by atoms with Gasteiger partial charge in [0.15, 0.2) is 0 Å². The topological polar surface area (TPSA) is 80.6 Å². The number of piperazine rings is 1. The molecule has 6 rings (SSSR count). The van der Waals surface area contributed by atoms with Gasteiger partial charge in [-0.05, 0) is 70.0 Å². The smallest absolute Gasteiger partial charge is 0.417 e. The van der Waals surface area contributed by atoms with E-state index in [1.54, 1.807) is 44.4 Å². The molecule has 254 valence electrons. The van der Waals surface area contributed by atoms with Gasteiger partial charge < -0.3 is 9.64 Å². The van der Waals surface area contributed by atoms with Gasteiger partial charge in [-0.1, -0.05) is 12.1 Å². The minimum Gasteiger partial charge on any atom is -0.444 e. The monoisotopic (exact) mass is 687 g/mol. The standard InChI is InChI=1S/C34H34F5N5O3S/c1-18-14-42(15-19(2)44(18)32(46)47-33(3,4)5)30-25-11-26(34(37,38)39)27(20-6-8-23(35)9-7-20)29-28(25)43(31(45)41-30)16-22(17-48-29)21-10-24(36)13-40-12-21/h6-13,18-19,22H,14-17H2,1-5H3/t18-,19+,22-/m0/s1. The van der Waals surface area contributed by atoms with E-state index in [1.807, 2.05) is 0 Å². The molecule has 4 aromatic rings. The summed E-state index contributed by atoms with van der Waals surface area (Å²) in [5, 5.41) is 0.110. The Labute approximate surface area is 277 Å². The van der Waals surface area contributed by atoms with E-state index >= 15 is 13.2 Å². The lowest BCUT2D eigenvalue weighted by atomic mass is 9.95. The molecule has 2 aromatic carbocycles. The van der Waals surface area contributed by atoms with E-state index in [9.17, 15) is 18.4 Å². The first kappa shape index (κ1) is 33.7. The number of aromatic nitrogens is 3. The number of rotatable bonds is 3. The second kappa shape index (κ2) is 12.4. The molecule has 0 bridgehead atoms. The highest BCUT2D eigenvalue weighted by atomic mass is 32.2. The molecule has 8 nitrogen and oxygen atoms in total. The van der Waals surface area contributed by atoms with Crippen molar-refractivity contribution in [2.24, 2.45) is 0 Å². The van der Waals surface area contributed by atoms with Crippen molar-refractivity contribution in [1.29, 1.82) is 0 Å². The van der Waals surface area contributed by atoms with Gasteiger partial charge in [-0.3, -0.25) is 14.5 Å². The number of ether oxygens (including phenoxy) is 1. The largest absolute Gasteiger partial charge is 0.444 e. The van der Waals surface area contributed by atoms with E-state index in [4.69, 9.17) is 4.74 Å². The summed E-state index contributed by atoms with van der Waals surface area (Å²) in [5.74, 6) is -1.41. The van der Waals surface area contributed by atoms with E-state index in [2.05, 4.69) is 9.97 Å². The van der Waals surface area contributed by atoms with Crippen LogP contribution in [0.5, 0.6) is 0 Å². The van der Waals surface area contributed by atoms with Crippen molar-refractivity contribution < 1.29 is 31.5 Å². The second-order valence-electron chi connectivity index (χ2n) is 13.3. The zero-order valence-corrected chi connectivity index (χ0v) is 27.8. The van der Waals surface area contributed by atoms with E-state index < -0.39 is 58.8 Å². The van der Waals surface area contributed by atoms with Crippen LogP contribution in [0, 0.1) is 11.6 Å². The van der Waals surface area contributed by atoms with E-state index in [0.29, 0.717) is 5.56 Å². The van der Waals surface area contributed by atoms with E-state index in [1.165, 1.54) is 29.0 Å². The van der Waals surface area contributed by atoms with Crippen molar-refractivity contribution in [1.82, 2.24) is 19.4 Å². The Bertz CT molecular complexity index is 1930. The van der Waals surface area contributed by atoms with Gasteiger partial charge in [-0.2, -0.15) is 18.2 Å². The van der Waals surface area contributed by atoms with Crippen LogP contribution in [-0.4, -0.2) is 62.1 Å². The second-order valence-corrected chi connectivity index (χ2v) is 14.3. The summed E-state index contributed by atoms with van der Waals surface area (Å²) in [4.78, 5) is 38.9. The summed E-state index contributed by atoms with van der Waals surface area (Å²) in [6, 6.07) is 6.19. The Hall–Kier alpha value is -4.20. The van der Waals surface area contributed by atoms with Gasteiger partial charge >= 0.3 is 18.0 Å². The highest BCUT2D eigenvalue weighted by molar-refractivity contribution is 7.99. The number of anilines is 1. The molecule has 2 aromatic heterocycles. The third-order valence-corrected chi connectivity index (χ3v) is 9.74. The molecule has 0 unspecified atom stereocenters. The van der Waals surface area contributed by atoms with Crippen LogP contribution >= 0.6 is 11.8 Å². The minimum absolute atomic E-state index is 0.0151. The van der Waals surface area contributed by atoms with Gasteiger partial charge in [-0.15, -0.1) is 11.8 Å². The lowest BCUT2D eigenvalue weighted by Gasteiger charge is -2.45. The quantitative estimate of drug-likeness (QED) is 0.207. The molecular formula is C34H34F5N5O3S. The van der Waals surface area contributed by atoms with Gasteiger partial charge in [-0.25, -0.2) is 18.4 Å². The predicted molar refractivity (Wildman–Crippen MR) is 173 cm³/mol. The van der Waals surface area contributed by atoms with Crippen LogP contribution in [0.3, 0.4) is 0 Å². The number of halogens is 5. The lowest BCUT2D eigenvalue weighted by molar-refractivity contribution is -0.137. The number of hydrogen-bond donors (Lipinski definition) is 0. The molecule has 4 heterocycles. The summed E-state index contributed by atoms with van der Waals surface area (Å²) in [5.41, 5.74) is -1.69. The number of benzene rings is 2. The molecule has 2 aliphatic rings. The molecular weight excluding hydrogens is 653 g/mol. The fraction of sp³-hybridized carbons (Fsp3) is 0.412. The normalized spacial score (nSPS) is 20.2. The maximum Gasteiger partial charge on any atom is 0.417 e. The van der Waals surface area contributed by atoms with Gasteiger partial charge in [0.1, 0.15) is 23.1 Å². The summed E-state index contributed by atoms with van der Waals surface area (Å²) in [7, 11) is 0. The number of amides is 1. The molecule has 0 saturated carbocycles. The molecule has 2 aliphatic heterocycles. The lowest BCUT2D eigenvalue weighted by Crippen LogP contribution is -2.59. The highest BCUT2D eigenvalue weighted by Crippen LogP contribution is 2.49. The Kier molecular flexibility index (Phi) is 8.67. The number of carbonyl (C=O) groups excluding carboxylic acids is 1. The fourth-order valence-electron chi connectivity index (χ4n) is 6.55. The predicted octanol–water partition coefficient (Wildman–Crippen LogP) is 7.48. The first-order chi connectivity index (χ1) is 22.5. The fourth-order valence-corrected chi connectivity index (χ4v) is 7.95. The van der Waals surface area contributed by atoms with Gasteiger partial charge in [0.05, 0.1) is 29.4 Å². The summed E-state index contributed by atoms with van der Waals surface area (Å²) in [6.45, 7) is 9.26. The van der Waals surface area contributed by atoms with E-state index in [0.717, 1.165) is 36.2 Å². The maximum absolute atomic E-state index is 15.0. The first-order valence-corrected chi connectivity index (χ1v) is 16.4.